The molecule has 0 saturated heterocycles. The standard InChI is InChI=1S/C12H15NO/c1-10-2-4-11(5-3-10)8-13(9-14)12-6-7-12/h2-5,9,12H,6-8H2,1H3. The second kappa shape index (κ2) is 3.82. The Labute approximate surface area is 84.5 Å². The molecular weight excluding hydrogens is 174 g/mol. The molecule has 0 aliphatic heterocycles. The number of aryl methyl sites for hydroxylation is 1. The Morgan fingerprint density at radius 2 is 2.00 bits per heavy atom. The second-order valence-corrected chi connectivity index (χ2v) is 3.99. The van der Waals surface area contributed by atoms with Crippen LogP contribution in [0.1, 0.15) is 24.0 Å². The first-order valence-corrected chi connectivity index (χ1v) is 5.06. The number of hydrogen-bond acceptors (Lipinski definition) is 1. The molecule has 2 nitrogen and oxygen atoms in total. The van der Waals surface area contributed by atoms with Crippen LogP contribution in [0.15, 0.2) is 24.3 Å². The normalized spacial score (nSPS) is 15.2. The Balaban J connectivity index is 2.01. The summed E-state index contributed by atoms with van der Waals surface area (Å²) in [5.74, 6) is 0. The van der Waals surface area contributed by atoms with Gasteiger partial charge in [-0.3, -0.25) is 4.79 Å². The zero-order valence-electron chi connectivity index (χ0n) is 8.44. The summed E-state index contributed by atoms with van der Waals surface area (Å²) in [4.78, 5) is 12.7. The zero-order chi connectivity index (χ0) is 9.97. The van der Waals surface area contributed by atoms with Gasteiger partial charge < -0.3 is 4.90 Å². The largest absolute Gasteiger partial charge is 0.338 e. The first-order chi connectivity index (χ1) is 6.79. The molecule has 0 radical (unpaired) electrons. The van der Waals surface area contributed by atoms with E-state index in [1.807, 2.05) is 4.90 Å². The minimum Gasteiger partial charge on any atom is -0.338 e. The predicted octanol–water partition coefficient (Wildman–Crippen LogP) is 2.12. The van der Waals surface area contributed by atoms with E-state index < -0.39 is 0 Å². The van der Waals surface area contributed by atoms with Gasteiger partial charge in [0, 0.05) is 12.6 Å². The maximum absolute atomic E-state index is 10.8. The van der Waals surface area contributed by atoms with E-state index in [4.69, 9.17) is 0 Å². The van der Waals surface area contributed by atoms with Crippen molar-refractivity contribution in [2.24, 2.45) is 0 Å². The van der Waals surface area contributed by atoms with E-state index in [-0.39, 0.29) is 0 Å². The smallest absolute Gasteiger partial charge is 0.210 e. The molecule has 1 aliphatic carbocycles. The summed E-state index contributed by atoms with van der Waals surface area (Å²) >= 11 is 0. The van der Waals surface area contributed by atoms with Gasteiger partial charge in [-0.05, 0) is 25.3 Å². The fraction of sp³-hybridized carbons (Fsp3) is 0.417. The Bertz CT molecular complexity index is 314. The molecule has 0 atom stereocenters. The van der Waals surface area contributed by atoms with Gasteiger partial charge in [0.15, 0.2) is 0 Å². The summed E-state index contributed by atoms with van der Waals surface area (Å²) in [5.41, 5.74) is 2.48. The number of nitrogens with zero attached hydrogens (tertiary/aromatic N) is 1. The van der Waals surface area contributed by atoms with Gasteiger partial charge in [-0.25, -0.2) is 0 Å². The van der Waals surface area contributed by atoms with E-state index in [2.05, 4.69) is 31.2 Å². The predicted molar refractivity (Wildman–Crippen MR) is 55.8 cm³/mol. The van der Waals surface area contributed by atoms with Crippen molar-refractivity contribution in [1.82, 2.24) is 4.90 Å². The molecule has 14 heavy (non-hydrogen) atoms. The van der Waals surface area contributed by atoms with E-state index in [1.165, 1.54) is 24.0 Å². The molecule has 1 fully saturated rings. The Kier molecular flexibility index (Phi) is 2.53. The lowest BCUT2D eigenvalue weighted by atomic mass is 10.1. The highest BCUT2D eigenvalue weighted by molar-refractivity contribution is 5.49. The quantitative estimate of drug-likeness (QED) is 0.664. The third-order valence-corrected chi connectivity index (χ3v) is 2.64. The average Bonchev–Trinajstić information content (AvgIpc) is 3.01. The lowest BCUT2D eigenvalue weighted by Gasteiger charge is -2.16. The summed E-state index contributed by atoms with van der Waals surface area (Å²) in [5, 5.41) is 0. The molecule has 1 amide bonds. The number of rotatable bonds is 4. The molecule has 1 aliphatic rings. The van der Waals surface area contributed by atoms with Gasteiger partial charge in [0.25, 0.3) is 0 Å². The number of carbonyl (C=O) groups excluding carboxylic acids is 1. The van der Waals surface area contributed by atoms with Crippen molar-refractivity contribution in [2.75, 3.05) is 0 Å². The molecule has 1 aromatic carbocycles. The monoisotopic (exact) mass is 189 g/mol. The average molecular weight is 189 g/mol. The summed E-state index contributed by atoms with van der Waals surface area (Å²) in [6.45, 7) is 2.83. The highest BCUT2D eigenvalue weighted by Crippen LogP contribution is 2.26. The van der Waals surface area contributed by atoms with Crippen LogP contribution < -0.4 is 0 Å². The third kappa shape index (κ3) is 2.13. The topological polar surface area (TPSA) is 20.3 Å². The number of benzene rings is 1. The van der Waals surface area contributed by atoms with Gasteiger partial charge in [-0.1, -0.05) is 29.8 Å². The van der Waals surface area contributed by atoms with Crippen molar-refractivity contribution < 1.29 is 4.79 Å². The highest BCUT2D eigenvalue weighted by Gasteiger charge is 2.27. The van der Waals surface area contributed by atoms with Crippen molar-refractivity contribution in [1.29, 1.82) is 0 Å². The SMILES string of the molecule is Cc1ccc(CN(C=O)C2CC2)cc1. The lowest BCUT2D eigenvalue weighted by molar-refractivity contribution is -0.119. The molecule has 74 valence electrons. The van der Waals surface area contributed by atoms with Crippen LogP contribution in [0.2, 0.25) is 0 Å². The van der Waals surface area contributed by atoms with Crippen LogP contribution >= 0.6 is 0 Å². The van der Waals surface area contributed by atoms with Crippen LogP contribution in [0.3, 0.4) is 0 Å². The minimum absolute atomic E-state index is 0.508. The Morgan fingerprint density at radius 3 is 2.50 bits per heavy atom. The number of amides is 1. The Morgan fingerprint density at radius 1 is 1.36 bits per heavy atom. The van der Waals surface area contributed by atoms with Crippen molar-refractivity contribution in [3.8, 4) is 0 Å². The fourth-order valence-corrected chi connectivity index (χ4v) is 1.56. The van der Waals surface area contributed by atoms with Crippen LogP contribution in [-0.2, 0) is 11.3 Å². The molecule has 0 unspecified atom stereocenters. The van der Waals surface area contributed by atoms with Gasteiger partial charge in [0.05, 0.1) is 0 Å². The summed E-state index contributed by atoms with van der Waals surface area (Å²) in [6.07, 6.45) is 3.31. The van der Waals surface area contributed by atoms with Crippen molar-refractivity contribution in [3.63, 3.8) is 0 Å². The molecule has 0 heterocycles. The fourth-order valence-electron chi connectivity index (χ4n) is 1.56. The summed E-state index contributed by atoms with van der Waals surface area (Å²) in [6, 6.07) is 8.87. The third-order valence-electron chi connectivity index (χ3n) is 2.64. The second-order valence-electron chi connectivity index (χ2n) is 3.99. The van der Waals surface area contributed by atoms with E-state index in [1.54, 1.807) is 0 Å². The van der Waals surface area contributed by atoms with Gasteiger partial charge in [0.1, 0.15) is 0 Å². The Hall–Kier alpha value is -1.31. The van der Waals surface area contributed by atoms with Crippen LogP contribution in [0.25, 0.3) is 0 Å². The van der Waals surface area contributed by atoms with E-state index >= 15 is 0 Å². The molecule has 0 bridgehead atoms. The lowest BCUT2D eigenvalue weighted by Crippen LogP contribution is -2.23. The molecule has 2 heteroatoms. The molecule has 1 saturated carbocycles. The van der Waals surface area contributed by atoms with Gasteiger partial charge in [-0.15, -0.1) is 0 Å². The number of carbonyl (C=O) groups is 1. The van der Waals surface area contributed by atoms with Crippen molar-refractivity contribution >= 4 is 6.41 Å². The highest BCUT2D eigenvalue weighted by atomic mass is 16.1. The molecule has 0 spiro atoms. The molecular formula is C12H15NO. The number of hydrogen-bond donors (Lipinski definition) is 0. The van der Waals surface area contributed by atoms with E-state index in [9.17, 15) is 4.79 Å². The van der Waals surface area contributed by atoms with Crippen LogP contribution in [0.4, 0.5) is 0 Å². The van der Waals surface area contributed by atoms with Gasteiger partial charge in [0.2, 0.25) is 6.41 Å². The maximum atomic E-state index is 10.8. The van der Waals surface area contributed by atoms with Gasteiger partial charge in [-0.2, -0.15) is 0 Å². The van der Waals surface area contributed by atoms with Crippen molar-refractivity contribution in [3.05, 3.63) is 35.4 Å². The molecule has 1 aromatic rings. The summed E-state index contributed by atoms with van der Waals surface area (Å²) < 4.78 is 0. The van der Waals surface area contributed by atoms with E-state index in [0.29, 0.717) is 6.04 Å². The first-order valence-electron chi connectivity index (χ1n) is 5.06. The first kappa shape index (κ1) is 9.25. The molecule has 0 aromatic heterocycles. The van der Waals surface area contributed by atoms with Crippen LogP contribution in [0, 0.1) is 6.92 Å². The zero-order valence-corrected chi connectivity index (χ0v) is 8.44. The summed E-state index contributed by atoms with van der Waals surface area (Å²) in [7, 11) is 0. The van der Waals surface area contributed by atoms with Crippen LogP contribution in [0.5, 0.6) is 0 Å². The van der Waals surface area contributed by atoms with Gasteiger partial charge >= 0.3 is 0 Å². The maximum Gasteiger partial charge on any atom is 0.210 e. The van der Waals surface area contributed by atoms with Crippen molar-refractivity contribution in [2.45, 2.75) is 32.4 Å². The minimum atomic E-state index is 0.508. The van der Waals surface area contributed by atoms with E-state index in [0.717, 1.165) is 13.0 Å². The molecule has 0 N–H and O–H groups in total. The molecule has 2 rings (SSSR count). The van der Waals surface area contributed by atoms with Crippen LogP contribution in [-0.4, -0.2) is 17.4 Å².